The van der Waals surface area contributed by atoms with Crippen molar-refractivity contribution >= 4 is 62.3 Å². The van der Waals surface area contributed by atoms with Gasteiger partial charge in [0.15, 0.2) is 0 Å². The molecule has 0 aromatic heterocycles. The molecule has 39 heavy (non-hydrogen) atoms. The number of carbonyl (C=O) groups excluding carboxylic acids is 2. The lowest BCUT2D eigenvalue weighted by molar-refractivity contribution is -0.139. The second kappa shape index (κ2) is 13.0. The fourth-order valence-corrected chi connectivity index (χ4v) is 5.74. The summed E-state index contributed by atoms with van der Waals surface area (Å²) >= 11 is 18.5. The fraction of sp³-hybridized carbons (Fsp3) is 0.286. The molecule has 0 saturated carbocycles. The first kappa shape index (κ1) is 30.8. The summed E-state index contributed by atoms with van der Waals surface area (Å²) in [6.07, 6.45) is 0. The van der Waals surface area contributed by atoms with Crippen molar-refractivity contribution in [1.82, 2.24) is 10.2 Å². The van der Waals surface area contributed by atoms with Crippen LogP contribution in [-0.2, 0) is 26.2 Å². The molecule has 0 aliphatic carbocycles. The van der Waals surface area contributed by atoms with Crippen LogP contribution >= 0.6 is 34.8 Å². The molecule has 0 aliphatic rings. The van der Waals surface area contributed by atoms with Gasteiger partial charge in [0, 0.05) is 17.6 Å². The average molecular weight is 611 g/mol. The van der Waals surface area contributed by atoms with Crippen molar-refractivity contribution in [2.45, 2.75) is 51.2 Å². The van der Waals surface area contributed by atoms with Gasteiger partial charge in [-0.05, 0) is 75.7 Å². The summed E-state index contributed by atoms with van der Waals surface area (Å²) in [5, 5.41) is 3.65. The number of nitrogens with zero attached hydrogens (tertiary/aromatic N) is 2. The van der Waals surface area contributed by atoms with Crippen molar-refractivity contribution < 1.29 is 18.0 Å². The molecule has 1 N–H and O–H groups in total. The predicted molar refractivity (Wildman–Crippen MR) is 157 cm³/mol. The molecule has 0 aliphatic heterocycles. The predicted octanol–water partition coefficient (Wildman–Crippen LogP) is 6.09. The number of amides is 2. The van der Waals surface area contributed by atoms with Gasteiger partial charge in [-0.1, -0.05) is 64.6 Å². The van der Waals surface area contributed by atoms with Crippen LogP contribution < -0.4 is 9.62 Å². The van der Waals surface area contributed by atoms with E-state index in [0.717, 1.165) is 9.87 Å². The zero-order valence-electron chi connectivity index (χ0n) is 22.0. The molecule has 0 bridgehead atoms. The molecule has 3 aromatic carbocycles. The van der Waals surface area contributed by atoms with E-state index in [1.807, 2.05) is 20.8 Å². The Balaban J connectivity index is 2.06. The van der Waals surface area contributed by atoms with E-state index in [-0.39, 0.29) is 39.1 Å². The highest BCUT2D eigenvalue weighted by atomic mass is 35.5. The Morgan fingerprint density at radius 3 is 2.15 bits per heavy atom. The van der Waals surface area contributed by atoms with Gasteiger partial charge in [0.2, 0.25) is 11.8 Å². The summed E-state index contributed by atoms with van der Waals surface area (Å²) in [5.74, 6) is -0.967. The highest BCUT2D eigenvalue weighted by Crippen LogP contribution is 2.31. The minimum absolute atomic E-state index is 0.000960. The number of anilines is 1. The minimum atomic E-state index is -4.21. The van der Waals surface area contributed by atoms with E-state index in [9.17, 15) is 18.0 Å². The van der Waals surface area contributed by atoms with Crippen LogP contribution in [0.2, 0.25) is 15.1 Å². The summed E-state index contributed by atoms with van der Waals surface area (Å²) in [6.45, 7) is 6.51. The molecular formula is C28H30Cl3N3O4S. The summed E-state index contributed by atoms with van der Waals surface area (Å²) in [6, 6.07) is 16.5. The Morgan fingerprint density at radius 2 is 1.56 bits per heavy atom. The summed E-state index contributed by atoms with van der Waals surface area (Å²) in [7, 11) is -4.21. The number of aryl methyl sites for hydroxylation is 1. The minimum Gasteiger partial charge on any atom is -0.352 e. The lowest BCUT2D eigenvalue weighted by Crippen LogP contribution is -2.52. The molecule has 0 saturated heterocycles. The first-order valence-corrected chi connectivity index (χ1v) is 14.8. The van der Waals surface area contributed by atoms with Crippen molar-refractivity contribution in [3.8, 4) is 0 Å². The molecule has 7 nitrogen and oxygen atoms in total. The molecule has 0 heterocycles. The maximum Gasteiger partial charge on any atom is 0.264 e. The molecule has 1 unspecified atom stereocenters. The molecule has 2 amide bonds. The largest absolute Gasteiger partial charge is 0.352 e. The van der Waals surface area contributed by atoms with Crippen LogP contribution in [0.5, 0.6) is 0 Å². The lowest BCUT2D eigenvalue weighted by Gasteiger charge is -2.32. The molecule has 0 spiro atoms. The number of nitrogens with one attached hydrogen (secondary N) is 1. The van der Waals surface area contributed by atoms with Gasteiger partial charge in [-0.15, -0.1) is 0 Å². The lowest BCUT2D eigenvalue weighted by atomic mass is 10.1. The number of hydrogen-bond acceptors (Lipinski definition) is 4. The highest BCUT2D eigenvalue weighted by Gasteiger charge is 2.33. The molecule has 3 rings (SSSR count). The normalized spacial score (nSPS) is 12.2. The van der Waals surface area contributed by atoms with E-state index in [1.165, 1.54) is 35.2 Å². The maximum atomic E-state index is 13.9. The maximum absolute atomic E-state index is 13.9. The van der Waals surface area contributed by atoms with E-state index in [0.29, 0.717) is 10.6 Å². The Labute approximate surface area is 244 Å². The monoisotopic (exact) mass is 609 g/mol. The van der Waals surface area contributed by atoms with Crippen molar-refractivity contribution in [3.63, 3.8) is 0 Å². The van der Waals surface area contributed by atoms with Crippen molar-refractivity contribution in [2.75, 3.05) is 10.8 Å². The molecule has 208 valence electrons. The van der Waals surface area contributed by atoms with E-state index in [4.69, 9.17) is 34.8 Å². The van der Waals surface area contributed by atoms with Gasteiger partial charge in [-0.2, -0.15) is 0 Å². The third kappa shape index (κ3) is 7.88. The van der Waals surface area contributed by atoms with Gasteiger partial charge < -0.3 is 10.2 Å². The van der Waals surface area contributed by atoms with Crippen molar-refractivity contribution in [2.24, 2.45) is 0 Å². The molecule has 0 radical (unpaired) electrons. The Morgan fingerprint density at radius 1 is 0.897 bits per heavy atom. The van der Waals surface area contributed by atoms with Crippen LogP contribution in [-0.4, -0.2) is 43.8 Å². The topological polar surface area (TPSA) is 86.8 Å². The number of hydrogen-bond donors (Lipinski definition) is 1. The molecule has 11 heteroatoms. The third-order valence-corrected chi connectivity index (χ3v) is 8.68. The number of benzene rings is 3. The van der Waals surface area contributed by atoms with E-state index >= 15 is 0 Å². The van der Waals surface area contributed by atoms with Gasteiger partial charge in [0.05, 0.1) is 20.6 Å². The zero-order chi connectivity index (χ0) is 28.9. The number of sulfonamides is 1. The fourth-order valence-electron chi connectivity index (χ4n) is 3.83. The van der Waals surface area contributed by atoms with Crippen LogP contribution in [0.3, 0.4) is 0 Å². The van der Waals surface area contributed by atoms with E-state index < -0.39 is 28.5 Å². The highest BCUT2D eigenvalue weighted by molar-refractivity contribution is 7.92. The van der Waals surface area contributed by atoms with Gasteiger partial charge >= 0.3 is 0 Å². The summed E-state index contributed by atoms with van der Waals surface area (Å²) < 4.78 is 28.6. The number of carbonyl (C=O) groups is 2. The second-order valence-electron chi connectivity index (χ2n) is 9.41. The molecule has 3 aromatic rings. The first-order chi connectivity index (χ1) is 18.3. The molecular weight excluding hydrogens is 581 g/mol. The summed E-state index contributed by atoms with van der Waals surface area (Å²) in [4.78, 5) is 28.2. The van der Waals surface area contributed by atoms with E-state index in [1.54, 1.807) is 43.3 Å². The van der Waals surface area contributed by atoms with Gasteiger partial charge in [-0.25, -0.2) is 8.42 Å². The van der Waals surface area contributed by atoms with Crippen LogP contribution in [0.15, 0.2) is 71.6 Å². The standard InChI is InChI=1S/C28H30Cl3N3O4S/c1-18(2)32-28(36)20(4)33(16-21-6-5-7-22(29)14-21)27(35)17-34(23-10-13-25(30)26(31)15-23)39(37,38)24-11-8-19(3)9-12-24/h5-15,18,20H,16-17H2,1-4H3,(H,32,36). The SMILES string of the molecule is Cc1ccc(S(=O)(=O)N(CC(=O)N(Cc2cccc(Cl)c2)C(C)C(=O)NC(C)C)c2ccc(Cl)c(Cl)c2)cc1. The quantitative estimate of drug-likeness (QED) is 0.301. The van der Waals surface area contributed by atoms with Crippen LogP contribution in [0.1, 0.15) is 31.9 Å². The smallest absolute Gasteiger partial charge is 0.264 e. The summed E-state index contributed by atoms with van der Waals surface area (Å²) in [5.41, 5.74) is 1.71. The Hall–Kier alpha value is -2.78. The van der Waals surface area contributed by atoms with Crippen molar-refractivity contribution in [1.29, 1.82) is 0 Å². The first-order valence-electron chi connectivity index (χ1n) is 12.2. The Bertz CT molecular complexity index is 1450. The number of rotatable bonds is 10. The number of halogens is 3. The van der Waals surface area contributed by atoms with Crippen LogP contribution in [0, 0.1) is 6.92 Å². The molecule has 1 atom stereocenters. The van der Waals surface area contributed by atoms with Crippen LogP contribution in [0.25, 0.3) is 0 Å². The van der Waals surface area contributed by atoms with Crippen molar-refractivity contribution in [3.05, 3.63) is 92.9 Å². The third-order valence-electron chi connectivity index (χ3n) is 5.92. The second-order valence-corrected chi connectivity index (χ2v) is 12.5. The molecule has 0 fully saturated rings. The Kier molecular flexibility index (Phi) is 10.3. The van der Waals surface area contributed by atoms with E-state index in [2.05, 4.69) is 5.32 Å². The average Bonchev–Trinajstić information content (AvgIpc) is 2.87. The van der Waals surface area contributed by atoms with Gasteiger partial charge in [0.25, 0.3) is 10.0 Å². The van der Waals surface area contributed by atoms with Gasteiger partial charge in [0.1, 0.15) is 12.6 Å². The van der Waals surface area contributed by atoms with Crippen LogP contribution in [0.4, 0.5) is 5.69 Å². The zero-order valence-corrected chi connectivity index (χ0v) is 25.1. The van der Waals surface area contributed by atoms with Gasteiger partial charge in [-0.3, -0.25) is 13.9 Å².